The molecule has 1 heterocycles. The van der Waals surface area contributed by atoms with Gasteiger partial charge >= 0.3 is 25.8 Å². The normalized spacial score (nSPS) is 17.9. The van der Waals surface area contributed by atoms with Crippen molar-refractivity contribution in [2.75, 3.05) is 18.0 Å². The summed E-state index contributed by atoms with van der Waals surface area (Å²) in [5, 5.41) is 2.47. The van der Waals surface area contributed by atoms with Crippen LogP contribution in [0.3, 0.4) is 0 Å². The van der Waals surface area contributed by atoms with Crippen molar-refractivity contribution in [2.45, 2.75) is 141 Å². The Kier molecular flexibility index (Phi) is 20.5. The van der Waals surface area contributed by atoms with E-state index in [1.54, 1.807) is 77.0 Å². The zero-order valence-electron chi connectivity index (χ0n) is 35.3. The third kappa shape index (κ3) is 13.0. The Hall–Kier alpha value is -2.50. The number of anilines is 1. The third-order valence-electron chi connectivity index (χ3n) is 12.6. The summed E-state index contributed by atoms with van der Waals surface area (Å²) >= 11 is 0. The first kappa shape index (κ1) is 48.2. The molecule has 3 fully saturated rings. The van der Waals surface area contributed by atoms with E-state index in [0.29, 0.717) is 7.92 Å². The molecule has 2 radical (unpaired) electrons. The van der Waals surface area contributed by atoms with Crippen molar-refractivity contribution >= 4 is 43.7 Å². The topological polar surface area (TPSA) is 6.25 Å². The van der Waals surface area contributed by atoms with Crippen molar-refractivity contribution in [3.05, 3.63) is 141 Å². The van der Waals surface area contributed by atoms with Crippen molar-refractivity contribution in [3.63, 3.8) is 0 Å². The number of aryl methyl sites for hydroxylation is 3. The number of hydrogen-bond acceptors (Lipinski definition) is 1. The van der Waals surface area contributed by atoms with Crippen molar-refractivity contribution < 1.29 is 36.5 Å². The fourth-order valence-electron chi connectivity index (χ4n) is 10.1. The van der Waals surface area contributed by atoms with E-state index in [1.807, 2.05) is 12.1 Å². The predicted octanol–water partition coefficient (Wildman–Crippen LogP) is 9.27. The quantitative estimate of drug-likeness (QED) is 0.102. The molecule has 0 aromatic heterocycles. The molecule has 2 nitrogen and oxygen atoms in total. The summed E-state index contributed by atoms with van der Waals surface area (Å²) in [4.78, 5) is 2.27. The molecule has 0 amide bonds. The van der Waals surface area contributed by atoms with Crippen molar-refractivity contribution in [2.24, 2.45) is 0 Å². The van der Waals surface area contributed by atoms with Crippen LogP contribution in [-0.2, 0) is 26.0 Å². The second-order valence-corrected chi connectivity index (χ2v) is 19.9. The van der Waals surface area contributed by atoms with Crippen LogP contribution in [-0.4, -0.2) is 41.0 Å². The molecule has 3 saturated carbocycles. The second kappa shape index (κ2) is 24.7. The fraction of sp³-hybridized carbons (Fsp3) is 0.462. The number of nitrogens with zero attached hydrogens (tertiary/aromatic N) is 2. The zero-order chi connectivity index (χ0) is 37.8. The van der Waals surface area contributed by atoms with Crippen molar-refractivity contribution in [3.8, 4) is 0 Å². The van der Waals surface area contributed by atoms with E-state index < -0.39 is 0 Å². The molecule has 5 aliphatic rings. The van der Waals surface area contributed by atoms with E-state index in [-0.39, 0.29) is 44.3 Å². The monoisotopic (exact) mass is 921 g/mol. The van der Waals surface area contributed by atoms with Gasteiger partial charge in [0, 0.05) is 5.22 Å². The molecule has 4 aromatic carbocycles. The van der Waals surface area contributed by atoms with E-state index in [4.69, 9.17) is 0 Å². The Balaban J connectivity index is 0.000000190. The van der Waals surface area contributed by atoms with Crippen LogP contribution in [0.25, 0.3) is 11.3 Å². The number of halogens is 2. The molecule has 0 unspecified atom stereocenters. The molecule has 6 heteroatoms. The van der Waals surface area contributed by atoms with Crippen LogP contribution in [0.15, 0.2) is 103 Å². The minimum Gasteiger partial charge on any atom is -1.00 e. The number of rotatable bonds is 7. The summed E-state index contributed by atoms with van der Waals surface area (Å²) in [6, 6.07) is 33.9. The van der Waals surface area contributed by atoms with Gasteiger partial charge in [-0.15, -0.1) is 18.1 Å². The van der Waals surface area contributed by atoms with E-state index in [9.17, 15) is 0 Å². The number of allylic oxidation sites excluding steroid dienone is 1. The average Bonchev–Trinajstić information content (AvgIpc) is 3.88. The second-order valence-electron chi connectivity index (χ2n) is 16.8. The van der Waals surface area contributed by atoms with Gasteiger partial charge in [0.1, 0.15) is 25.3 Å². The first-order valence-corrected chi connectivity index (χ1v) is 23.4. The van der Waals surface area contributed by atoms with Gasteiger partial charge < -0.3 is 12.4 Å². The van der Waals surface area contributed by atoms with Crippen LogP contribution >= 0.6 is 20.3 Å². The van der Waals surface area contributed by atoms with Gasteiger partial charge in [-0.3, -0.25) is 0 Å². The Morgan fingerprint density at radius 3 is 1.66 bits per heavy atom. The van der Waals surface area contributed by atoms with Gasteiger partial charge in [-0.05, 0) is 121 Å². The van der Waals surface area contributed by atoms with Gasteiger partial charge in [-0.25, -0.2) is 9.48 Å². The minimum absolute atomic E-state index is 0. The molecule has 0 spiro atoms. The fourth-order valence-corrected chi connectivity index (χ4v) is 14.8. The van der Waals surface area contributed by atoms with Crippen LogP contribution in [0.5, 0.6) is 0 Å². The molecule has 4 aliphatic carbocycles. The van der Waals surface area contributed by atoms with Gasteiger partial charge in [-0.1, -0.05) is 162 Å². The Morgan fingerprint density at radius 1 is 0.638 bits per heavy atom. The summed E-state index contributed by atoms with van der Waals surface area (Å²) in [5.74, 6) is 0. The summed E-state index contributed by atoms with van der Waals surface area (Å²) in [7, 11) is 0.385. The Labute approximate surface area is 377 Å². The van der Waals surface area contributed by atoms with Gasteiger partial charge in [-0.2, -0.15) is 0 Å². The molecule has 4 aromatic rings. The molecule has 0 atom stereocenters. The molecule has 0 saturated heterocycles. The molecular formula is C52H66Cl2N2PRu+. The maximum absolute atomic E-state index is 3.52. The largest absolute Gasteiger partial charge is 1.00 e. The summed E-state index contributed by atoms with van der Waals surface area (Å²) in [5.41, 5.74) is 16.0. The van der Waals surface area contributed by atoms with Crippen LogP contribution in [0, 0.1) is 20.8 Å². The number of fused-ring (bicyclic) bond motifs is 1. The summed E-state index contributed by atoms with van der Waals surface area (Å²) in [6.07, 6.45) is 29.2. The molecule has 310 valence electrons. The smallest absolute Gasteiger partial charge is 1.00 e. The first-order valence-electron chi connectivity index (χ1n) is 21.8. The van der Waals surface area contributed by atoms with E-state index in [2.05, 4.69) is 133 Å². The zero-order valence-corrected chi connectivity index (χ0v) is 39.5. The number of hydrogen-bond donors (Lipinski definition) is 0. The average molecular weight is 922 g/mol. The summed E-state index contributed by atoms with van der Waals surface area (Å²) < 4.78 is 2.27. The third-order valence-corrected chi connectivity index (χ3v) is 16.7. The standard InChI is InChI=1S/C19H22N2.C18H33P.C15H10.2ClH.Ru/c1-15-11-16(2)19(17(3)12-15)21-10-9-20(14-21)13-18-7-5-4-6-8-18;1-4-10-16(11-5-1)19(17-12-6-2-7-13-17)18-14-8-3-9-15-18;1-2-6-12(7-3-1)15-11-10-13-8-4-5-9-14(13)15;;;/h4-8,11-12H,9-10,13H2,1-3H3;16-18H,1-15H2;1-9,11H;2*1H;/q+1;;;;;+1/p-1. The number of benzene rings is 4. The molecular weight excluding hydrogens is 856 g/mol. The van der Waals surface area contributed by atoms with Crippen LogP contribution in [0.1, 0.15) is 124 Å². The molecule has 9 rings (SSSR count). The maximum atomic E-state index is 3.52. The molecule has 0 bridgehead atoms. The van der Waals surface area contributed by atoms with Crippen LogP contribution < -0.4 is 27.7 Å². The molecule has 0 N–H and O–H groups in total. The molecule has 1 aliphatic heterocycles. The Morgan fingerprint density at radius 2 is 1.12 bits per heavy atom. The van der Waals surface area contributed by atoms with Crippen LogP contribution in [0.4, 0.5) is 5.69 Å². The maximum Gasteiger partial charge on any atom is 1.00 e. The van der Waals surface area contributed by atoms with E-state index in [1.165, 1.54) is 85.8 Å². The van der Waals surface area contributed by atoms with Crippen molar-refractivity contribution in [1.82, 2.24) is 0 Å². The summed E-state index contributed by atoms with van der Waals surface area (Å²) in [6.45, 7) is 9.51. The van der Waals surface area contributed by atoms with Gasteiger partial charge in [0.05, 0.1) is 0 Å². The Bertz CT molecular complexity index is 1960. The van der Waals surface area contributed by atoms with Crippen LogP contribution in [0.2, 0.25) is 0 Å². The van der Waals surface area contributed by atoms with Gasteiger partial charge in [0.15, 0.2) is 0 Å². The van der Waals surface area contributed by atoms with Gasteiger partial charge in [0.2, 0.25) is 0 Å². The molecule has 58 heavy (non-hydrogen) atoms. The predicted molar refractivity (Wildman–Crippen MR) is 246 cm³/mol. The van der Waals surface area contributed by atoms with E-state index in [0.717, 1.165) is 19.6 Å². The van der Waals surface area contributed by atoms with E-state index >= 15 is 0 Å². The van der Waals surface area contributed by atoms with Gasteiger partial charge in [0.25, 0.3) is 0 Å². The first-order chi connectivity index (χ1) is 27.0. The van der Waals surface area contributed by atoms with Crippen molar-refractivity contribution in [1.29, 1.82) is 0 Å². The minimum atomic E-state index is 0. The SMILES string of the molecule is C1=CC(c2ccccc2)=c2ccccc2=1.C1CCC(P(C2CCCCC2)C2CCCCC2)CC1.Cc1cc(C)c(N2[C]=[N+](Cc3ccccc3)CC2)c(C)c1.Cl.[Cl-].[Ru+].